The molecule has 2 N–H and O–H groups in total. The SMILES string of the molecule is CC(C)(C)Cc1cc(S(=O)(=O)O)ccc1-c1ccc(S(=O)(=O)O)cc1CC(C)(C)C. The van der Waals surface area contributed by atoms with Crippen LogP contribution in [0.25, 0.3) is 11.1 Å². The number of benzene rings is 2. The Hall–Kier alpha value is -1.74. The zero-order chi connectivity index (χ0) is 23.1. The van der Waals surface area contributed by atoms with Crippen LogP contribution in [0.15, 0.2) is 46.2 Å². The van der Waals surface area contributed by atoms with E-state index in [0.29, 0.717) is 12.8 Å². The van der Waals surface area contributed by atoms with Crippen LogP contribution in [0.5, 0.6) is 0 Å². The van der Waals surface area contributed by atoms with Crippen molar-refractivity contribution in [2.24, 2.45) is 10.8 Å². The molecule has 8 heteroatoms. The molecule has 6 nitrogen and oxygen atoms in total. The number of hydrogen-bond donors (Lipinski definition) is 2. The Kier molecular flexibility index (Phi) is 6.60. The quantitative estimate of drug-likeness (QED) is 0.614. The van der Waals surface area contributed by atoms with E-state index in [0.717, 1.165) is 22.3 Å². The highest BCUT2D eigenvalue weighted by Crippen LogP contribution is 2.36. The molecular weight excluding hydrogens is 424 g/mol. The first kappa shape index (κ1) is 24.5. The summed E-state index contributed by atoms with van der Waals surface area (Å²) in [6.07, 6.45) is 1.08. The Morgan fingerprint density at radius 1 is 0.633 bits per heavy atom. The van der Waals surface area contributed by atoms with Crippen LogP contribution in [0, 0.1) is 10.8 Å². The van der Waals surface area contributed by atoms with Crippen molar-refractivity contribution in [2.75, 3.05) is 0 Å². The Bertz CT molecular complexity index is 1060. The van der Waals surface area contributed by atoms with Crippen molar-refractivity contribution in [3.63, 3.8) is 0 Å². The van der Waals surface area contributed by atoms with E-state index in [2.05, 4.69) is 0 Å². The molecule has 0 aliphatic carbocycles. The normalized spacial score (nSPS) is 13.5. The Balaban J connectivity index is 2.81. The largest absolute Gasteiger partial charge is 0.294 e. The van der Waals surface area contributed by atoms with Crippen LogP contribution in [0.3, 0.4) is 0 Å². The van der Waals surface area contributed by atoms with Crippen LogP contribution in [0.2, 0.25) is 0 Å². The van der Waals surface area contributed by atoms with Gasteiger partial charge in [0.15, 0.2) is 0 Å². The summed E-state index contributed by atoms with van der Waals surface area (Å²) in [6, 6.07) is 8.89. The molecule has 0 spiro atoms. The Morgan fingerprint density at radius 2 is 0.933 bits per heavy atom. The van der Waals surface area contributed by atoms with Crippen LogP contribution in [-0.2, 0) is 33.1 Å². The predicted molar refractivity (Wildman–Crippen MR) is 118 cm³/mol. The molecule has 30 heavy (non-hydrogen) atoms. The molecule has 0 bridgehead atoms. The number of hydrogen-bond acceptors (Lipinski definition) is 4. The van der Waals surface area contributed by atoms with Crippen LogP contribution in [0.1, 0.15) is 52.7 Å². The van der Waals surface area contributed by atoms with E-state index >= 15 is 0 Å². The maximum Gasteiger partial charge on any atom is 0.294 e. The summed E-state index contributed by atoms with van der Waals surface area (Å²) in [5.74, 6) is 0. The standard InChI is InChI=1S/C22H30O6S2/c1-21(2,3)13-15-11-17(29(23,24)25)7-9-19(15)20-10-8-18(30(26,27)28)12-16(20)14-22(4,5)6/h7-12H,13-14H2,1-6H3,(H,23,24,25)(H,26,27,28). The second kappa shape index (κ2) is 8.07. The fourth-order valence-electron chi connectivity index (χ4n) is 3.42. The third kappa shape index (κ3) is 6.63. The van der Waals surface area contributed by atoms with Crippen molar-refractivity contribution in [3.05, 3.63) is 47.5 Å². The summed E-state index contributed by atoms with van der Waals surface area (Å²) in [5, 5.41) is 0. The zero-order valence-corrected chi connectivity index (χ0v) is 19.9. The predicted octanol–water partition coefficient (Wildman–Crippen LogP) is 5.02. The Labute approximate surface area is 179 Å². The summed E-state index contributed by atoms with van der Waals surface area (Å²) in [4.78, 5) is -0.366. The van der Waals surface area contributed by atoms with Gasteiger partial charge in [-0.15, -0.1) is 0 Å². The second-order valence-corrected chi connectivity index (χ2v) is 12.9. The molecule has 0 aliphatic rings. The average molecular weight is 455 g/mol. The van der Waals surface area contributed by atoms with Crippen molar-refractivity contribution >= 4 is 20.2 Å². The lowest BCUT2D eigenvalue weighted by atomic mass is 9.81. The van der Waals surface area contributed by atoms with Gasteiger partial charge >= 0.3 is 0 Å². The molecular formula is C22H30O6S2. The monoisotopic (exact) mass is 454 g/mol. The van der Waals surface area contributed by atoms with Gasteiger partial charge in [-0.1, -0.05) is 53.7 Å². The van der Waals surface area contributed by atoms with Crippen molar-refractivity contribution in [2.45, 2.75) is 64.2 Å². The minimum Gasteiger partial charge on any atom is -0.282 e. The Morgan fingerprint density at radius 3 is 1.17 bits per heavy atom. The fraction of sp³-hybridized carbons (Fsp3) is 0.455. The summed E-state index contributed by atoms with van der Waals surface area (Å²) in [7, 11) is -8.71. The van der Waals surface area contributed by atoms with E-state index in [1.807, 2.05) is 41.5 Å². The summed E-state index contributed by atoms with van der Waals surface area (Å²) in [5.41, 5.74) is 2.66. The van der Waals surface area contributed by atoms with Gasteiger partial charge in [-0.2, -0.15) is 16.8 Å². The van der Waals surface area contributed by atoms with E-state index in [9.17, 15) is 25.9 Å². The van der Waals surface area contributed by atoms with Crippen LogP contribution in [-0.4, -0.2) is 25.9 Å². The second-order valence-electron chi connectivity index (χ2n) is 10.1. The lowest BCUT2D eigenvalue weighted by molar-refractivity contribution is 0.409. The highest BCUT2D eigenvalue weighted by atomic mass is 32.2. The minimum absolute atomic E-state index is 0.162. The number of rotatable bonds is 5. The summed E-state index contributed by atoms with van der Waals surface area (Å²) in [6.45, 7) is 12.1. The first-order valence-corrected chi connectivity index (χ1v) is 12.5. The lowest BCUT2D eigenvalue weighted by Crippen LogP contribution is -2.13. The minimum atomic E-state index is -4.36. The topological polar surface area (TPSA) is 109 Å². The van der Waals surface area contributed by atoms with Gasteiger partial charge in [-0.05, 0) is 70.2 Å². The molecule has 166 valence electrons. The van der Waals surface area contributed by atoms with Gasteiger partial charge in [-0.25, -0.2) is 0 Å². The van der Waals surface area contributed by atoms with Crippen molar-refractivity contribution in [3.8, 4) is 11.1 Å². The zero-order valence-electron chi connectivity index (χ0n) is 18.2. The smallest absolute Gasteiger partial charge is 0.282 e. The average Bonchev–Trinajstić information content (AvgIpc) is 2.50. The molecule has 2 rings (SSSR count). The highest BCUT2D eigenvalue weighted by Gasteiger charge is 2.23. The van der Waals surface area contributed by atoms with Crippen LogP contribution < -0.4 is 0 Å². The molecule has 0 heterocycles. The molecule has 2 aromatic rings. The van der Waals surface area contributed by atoms with Gasteiger partial charge < -0.3 is 0 Å². The maximum absolute atomic E-state index is 11.7. The van der Waals surface area contributed by atoms with Gasteiger partial charge in [0.25, 0.3) is 20.2 Å². The van der Waals surface area contributed by atoms with Crippen LogP contribution in [0.4, 0.5) is 0 Å². The molecule has 2 aromatic carbocycles. The van der Waals surface area contributed by atoms with E-state index in [4.69, 9.17) is 0 Å². The highest BCUT2D eigenvalue weighted by molar-refractivity contribution is 7.86. The lowest BCUT2D eigenvalue weighted by Gasteiger charge is -2.24. The van der Waals surface area contributed by atoms with Crippen molar-refractivity contribution in [1.29, 1.82) is 0 Å². The van der Waals surface area contributed by atoms with Crippen LogP contribution >= 0.6 is 0 Å². The van der Waals surface area contributed by atoms with E-state index in [-0.39, 0.29) is 20.6 Å². The van der Waals surface area contributed by atoms with E-state index in [1.54, 1.807) is 12.1 Å². The molecule has 0 atom stereocenters. The summed E-state index contributed by atoms with van der Waals surface area (Å²) < 4.78 is 65.6. The molecule has 0 radical (unpaired) electrons. The first-order valence-electron chi connectivity index (χ1n) is 9.58. The van der Waals surface area contributed by atoms with Crippen molar-refractivity contribution in [1.82, 2.24) is 0 Å². The third-order valence-electron chi connectivity index (χ3n) is 4.48. The molecule has 0 fully saturated rings. The molecule has 0 saturated heterocycles. The van der Waals surface area contributed by atoms with Gasteiger partial charge in [0.05, 0.1) is 9.79 Å². The molecule has 0 unspecified atom stereocenters. The van der Waals surface area contributed by atoms with Gasteiger partial charge in [-0.3, -0.25) is 9.11 Å². The third-order valence-corrected chi connectivity index (χ3v) is 6.18. The molecule has 0 saturated carbocycles. The summed E-state index contributed by atoms with van der Waals surface area (Å²) >= 11 is 0. The first-order chi connectivity index (χ1) is 13.4. The fourth-order valence-corrected chi connectivity index (χ4v) is 4.48. The maximum atomic E-state index is 11.7. The van der Waals surface area contributed by atoms with Gasteiger partial charge in [0.1, 0.15) is 0 Å². The van der Waals surface area contributed by atoms with E-state index in [1.165, 1.54) is 24.3 Å². The van der Waals surface area contributed by atoms with Gasteiger partial charge in [0, 0.05) is 0 Å². The van der Waals surface area contributed by atoms with E-state index < -0.39 is 20.2 Å². The molecule has 0 aromatic heterocycles. The van der Waals surface area contributed by atoms with Gasteiger partial charge in [0.2, 0.25) is 0 Å². The molecule has 0 amide bonds. The molecule has 0 aliphatic heterocycles. The van der Waals surface area contributed by atoms with Crippen molar-refractivity contribution < 1.29 is 25.9 Å².